The molecule has 1 saturated heterocycles. The van der Waals surface area contributed by atoms with Crippen LogP contribution in [0.4, 0.5) is 0 Å². The van der Waals surface area contributed by atoms with Crippen molar-refractivity contribution in [3.05, 3.63) is 41.4 Å². The molecule has 3 rings (SSSR count). The summed E-state index contributed by atoms with van der Waals surface area (Å²) in [7, 11) is 0. The summed E-state index contributed by atoms with van der Waals surface area (Å²) in [5.41, 5.74) is 0. The zero-order valence-electron chi connectivity index (χ0n) is 19.0. The zero-order valence-corrected chi connectivity index (χ0v) is 19.8. The highest BCUT2D eigenvalue weighted by Crippen LogP contribution is 2.41. The number of aliphatic carboxylic acids is 1. The van der Waals surface area contributed by atoms with Crippen LogP contribution < -0.4 is 4.74 Å². The second-order valence-electron chi connectivity index (χ2n) is 9.03. The van der Waals surface area contributed by atoms with Crippen LogP contribution in [0.2, 0.25) is 5.02 Å². The van der Waals surface area contributed by atoms with E-state index < -0.39 is 24.3 Å². The van der Waals surface area contributed by atoms with Gasteiger partial charge in [-0.1, -0.05) is 37.1 Å². The second-order valence-corrected chi connectivity index (χ2v) is 9.46. The largest absolute Gasteiger partial charge is 0.491 e. The summed E-state index contributed by atoms with van der Waals surface area (Å²) in [5.74, 6) is -0.116. The molecule has 1 aliphatic carbocycles. The van der Waals surface area contributed by atoms with E-state index in [4.69, 9.17) is 25.8 Å². The van der Waals surface area contributed by atoms with Crippen LogP contribution in [-0.2, 0) is 14.3 Å². The van der Waals surface area contributed by atoms with E-state index in [1.54, 1.807) is 30.3 Å². The van der Waals surface area contributed by atoms with Gasteiger partial charge < -0.3 is 29.5 Å². The number of carboxylic acid groups (broad SMARTS) is 1. The van der Waals surface area contributed by atoms with E-state index in [-0.39, 0.29) is 30.5 Å². The number of rotatable bonds is 11. The number of benzene rings is 1. The molecule has 184 valence electrons. The molecule has 0 aromatic heterocycles. The number of ether oxygens (including phenoxy) is 3. The van der Waals surface area contributed by atoms with Crippen molar-refractivity contribution >= 4 is 17.6 Å². The van der Waals surface area contributed by atoms with E-state index in [1.165, 1.54) is 0 Å². The van der Waals surface area contributed by atoms with E-state index in [0.29, 0.717) is 36.8 Å². The Morgan fingerprint density at radius 3 is 2.76 bits per heavy atom. The van der Waals surface area contributed by atoms with Crippen LogP contribution in [0.1, 0.15) is 39.0 Å². The minimum atomic E-state index is -0.921. The summed E-state index contributed by atoms with van der Waals surface area (Å²) in [6, 6.07) is 6.94. The summed E-state index contributed by atoms with van der Waals surface area (Å²) >= 11 is 5.86. The summed E-state index contributed by atoms with van der Waals surface area (Å²) < 4.78 is 17.3. The lowest BCUT2D eigenvalue weighted by atomic mass is 9.87. The fourth-order valence-corrected chi connectivity index (χ4v) is 4.79. The SMILES string of the molecule is CCCC(OC[C@@H]1CC[C@@H]2[C@@H](/C=C/[C@@H](O)COc3ccc(Cl)cc3)[C@H](O)C[C@@H]2OC1)C(=O)O. The third-order valence-electron chi connectivity index (χ3n) is 6.49. The van der Waals surface area contributed by atoms with Crippen molar-refractivity contribution in [3.63, 3.8) is 0 Å². The number of hydrogen-bond acceptors (Lipinski definition) is 6. The molecule has 1 heterocycles. The van der Waals surface area contributed by atoms with Crippen molar-refractivity contribution in [1.82, 2.24) is 0 Å². The summed E-state index contributed by atoms with van der Waals surface area (Å²) in [6.45, 7) is 2.91. The van der Waals surface area contributed by atoms with Crippen LogP contribution in [0, 0.1) is 17.8 Å². The van der Waals surface area contributed by atoms with Crippen LogP contribution >= 0.6 is 11.6 Å². The van der Waals surface area contributed by atoms with E-state index in [1.807, 2.05) is 13.0 Å². The number of halogens is 1. The van der Waals surface area contributed by atoms with Gasteiger partial charge in [-0.3, -0.25) is 0 Å². The van der Waals surface area contributed by atoms with Crippen molar-refractivity contribution in [3.8, 4) is 5.75 Å². The molecule has 1 aromatic rings. The highest BCUT2D eigenvalue weighted by Gasteiger charge is 2.43. The molecule has 1 unspecified atom stereocenters. The molecular weight excluding hydrogens is 448 g/mol. The molecule has 1 saturated carbocycles. The molecule has 2 fully saturated rings. The zero-order chi connectivity index (χ0) is 23.8. The Morgan fingerprint density at radius 2 is 2.06 bits per heavy atom. The van der Waals surface area contributed by atoms with Crippen molar-refractivity contribution in [2.45, 2.75) is 63.4 Å². The van der Waals surface area contributed by atoms with Gasteiger partial charge in [0.1, 0.15) is 18.5 Å². The van der Waals surface area contributed by atoms with Crippen LogP contribution in [0.15, 0.2) is 36.4 Å². The van der Waals surface area contributed by atoms with Gasteiger partial charge in [-0.25, -0.2) is 4.79 Å². The number of fused-ring (bicyclic) bond motifs is 1. The topological polar surface area (TPSA) is 105 Å². The van der Waals surface area contributed by atoms with E-state index in [9.17, 15) is 20.1 Å². The maximum Gasteiger partial charge on any atom is 0.332 e. The fraction of sp³-hybridized carbons (Fsp3) is 0.640. The quantitative estimate of drug-likeness (QED) is 0.413. The van der Waals surface area contributed by atoms with Gasteiger partial charge in [-0.05, 0) is 49.4 Å². The predicted molar refractivity (Wildman–Crippen MR) is 124 cm³/mol. The average Bonchev–Trinajstić information content (AvgIpc) is 2.95. The molecule has 0 amide bonds. The molecule has 0 radical (unpaired) electrons. The monoisotopic (exact) mass is 482 g/mol. The van der Waals surface area contributed by atoms with Gasteiger partial charge in [-0.15, -0.1) is 0 Å². The maximum atomic E-state index is 11.3. The minimum absolute atomic E-state index is 0.0481. The Labute approximate surface area is 200 Å². The average molecular weight is 483 g/mol. The van der Waals surface area contributed by atoms with Gasteiger partial charge in [0.2, 0.25) is 0 Å². The van der Waals surface area contributed by atoms with Gasteiger partial charge in [0.05, 0.1) is 25.4 Å². The van der Waals surface area contributed by atoms with Crippen molar-refractivity contribution in [2.24, 2.45) is 17.8 Å². The third-order valence-corrected chi connectivity index (χ3v) is 6.75. The van der Waals surface area contributed by atoms with Gasteiger partial charge in [-0.2, -0.15) is 0 Å². The number of carbonyl (C=O) groups is 1. The van der Waals surface area contributed by atoms with Crippen LogP contribution in [0.3, 0.4) is 0 Å². The molecule has 2 aliphatic rings. The normalized spacial score (nSPS) is 29.4. The molecule has 33 heavy (non-hydrogen) atoms. The molecule has 0 spiro atoms. The van der Waals surface area contributed by atoms with Gasteiger partial charge in [0.15, 0.2) is 6.10 Å². The Balaban J connectivity index is 1.49. The van der Waals surface area contributed by atoms with Crippen molar-refractivity contribution < 1.29 is 34.3 Å². The Bertz CT molecular complexity index is 769. The first-order chi connectivity index (χ1) is 15.9. The van der Waals surface area contributed by atoms with E-state index >= 15 is 0 Å². The van der Waals surface area contributed by atoms with Crippen molar-refractivity contribution in [2.75, 3.05) is 19.8 Å². The molecule has 7 nitrogen and oxygen atoms in total. The summed E-state index contributed by atoms with van der Waals surface area (Å²) in [4.78, 5) is 11.3. The van der Waals surface area contributed by atoms with Crippen molar-refractivity contribution in [1.29, 1.82) is 0 Å². The number of carboxylic acids is 1. The molecule has 8 heteroatoms. The molecular formula is C25H35ClO7. The standard InChI is InChI=1S/C25H35ClO7/c1-2-3-23(25(29)30)32-13-16-4-10-21-20(22(28)12-24(21)33-14-16)11-7-18(27)15-31-19-8-5-17(26)6-9-19/h5-9,11,16,18,20-24,27-28H,2-4,10,12-15H2,1H3,(H,29,30)/b11-7+/t16-,18+,20+,21+,22+,23?,24-/m0/s1. The Kier molecular flexibility index (Phi) is 10.0. The first kappa shape index (κ1) is 26.0. The molecule has 1 aliphatic heterocycles. The Hall–Kier alpha value is -1.64. The second kappa shape index (κ2) is 12.7. The number of hydrogen-bond donors (Lipinski definition) is 3. The minimum Gasteiger partial charge on any atom is -0.491 e. The van der Waals surface area contributed by atoms with Crippen LogP contribution in [0.5, 0.6) is 5.75 Å². The first-order valence-corrected chi connectivity index (χ1v) is 12.1. The van der Waals surface area contributed by atoms with E-state index in [2.05, 4.69) is 0 Å². The molecule has 0 bridgehead atoms. The fourth-order valence-electron chi connectivity index (χ4n) is 4.66. The lowest BCUT2D eigenvalue weighted by molar-refractivity contribution is -0.152. The van der Waals surface area contributed by atoms with Crippen LogP contribution in [0.25, 0.3) is 0 Å². The lowest BCUT2D eigenvalue weighted by Crippen LogP contribution is -2.27. The number of aliphatic hydroxyl groups excluding tert-OH is 2. The maximum absolute atomic E-state index is 11.3. The predicted octanol–water partition coefficient (Wildman–Crippen LogP) is 3.70. The first-order valence-electron chi connectivity index (χ1n) is 11.8. The van der Waals surface area contributed by atoms with Gasteiger partial charge in [0, 0.05) is 23.3 Å². The smallest absolute Gasteiger partial charge is 0.332 e. The van der Waals surface area contributed by atoms with E-state index in [0.717, 1.165) is 19.3 Å². The molecule has 1 aromatic carbocycles. The van der Waals surface area contributed by atoms with Gasteiger partial charge in [0.25, 0.3) is 0 Å². The summed E-state index contributed by atoms with van der Waals surface area (Å²) in [5, 5.41) is 30.8. The number of aliphatic hydroxyl groups is 2. The highest BCUT2D eigenvalue weighted by atomic mass is 35.5. The summed E-state index contributed by atoms with van der Waals surface area (Å²) in [6.07, 6.45) is 4.93. The third kappa shape index (κ3) is 7.69. The lowest BCUT2D eigenvalue weighted by Gasteiger charge is -2.21. The van der Waals surface area contributed by atoms with Gasteiger partial charge >= 0.3 is 5.97 Å². The Morgan fingerprint density at radius 1 is 1.30 bits per heavy atom. The highest BCUT2D eigenvalue weighted by molar-refractivity contribution is 6.30. The molecule has 7 atom stereocenters. The van der Waals surface area contributed by atoms with Crippen LogP contribution in [-0.4, -0.2) is 65.5 Å². The molecule has 3 N–H and O–H groups in total.